The molecule has 0 aliphatic heterocycles. The van der Waals surface area contributed by atoms with Crippen LogP contribution in [0.3, 0.4) is 0 Å². The van der Waals surface area contributed by atoms with Crippen LogP contribution in [0, 0.1) is 6.92 Å². The van der Waals surface area contributed by atoms with E-state index < -0.39 is 0 Å². The third-order valence-corrected chi connectivity index (χ3v) is 3.94. The Bertz CT molecular complexity index is 646. The molecule has 0 spiro atoms. The third-order valence-electron chi connectivity index (χ3n) is 3.74. The van der Waals surface area contributed by atoms with Gasteiger partial charge in [0.15, 0.2) is 0 Å². The number of nitrogens with zero attached hydrogens (tertiary/aromatic N) is 1. The van der Waals surface area contributed by atoms with E-state index in [1.807, 2.05) is 0 Å². The van der Waals surface area contributed by atoms with Crippen LogP contribution in [-0.2, 0) is 12.8 Å². The van der Waals surface area contributed by atoms with Gasteiger partial charge in [0, 0.05) is 16.6 Å². The summed E-state index contributed by atoms with van der Waals surface area (Å²) >= 11 is 5.27. The average molecular weight is 256 g/mol. The molecule has 0 saturated heterocycles. The van der Waals surface area contributed by atoms with Gasteiger partial charge in [0.05, 0.1) is 5.52 Å². The van der Waals surface area contributed by atoms with E-state index >= 15 is 0 Å². The fourth-order valence-corrected chi connectivity index (χ4v) is 3.10. The summed E-state index contributed by atoms with van der Waals surface area (Å²) in [5, 5.41) is 1.11. The molecule has 2 N–H and O–H groups in total. The van der Waals surface area contributed by atoms with Gasteiger partial charge < -0.3 is 5.73 Å². The Kier molecular flexibility index (Phi) is 2.78. The van der Waals surface area contributed by atoms with Crippen LogP contribution in [0.1, 0.15) is 35.2 Å². The van der Waals surface area contributed by atoms with Crippen LogP contribution in [0.15, 0.2) is 18.2 Å². The number of hydrogen-bond acceptors (Lipinski definition) is 2. The first-order valence-electron chi connectivity index (χ1n) is 6.39. The van der Waals surface area contributed by atoms with Crippen molar-refractivity contribution < 1.29 is 0 Å². The van der Waals surface area contributed by atoms with Gasteiger partial charge >= 0.3 is 0 Å². The molecule has 1 heterocycles. The third kappa shape index (κ3) is 1.70. The van der Waals surface area contributed by atoms with Gasteiger partial charge in [0.2, 0.25) is 0 Å². The SMILES string of the molecule is Cc1cccc2c(C(N)=S)c3c(nc12)CCCC3. The second-order valence-electron chi connectivity index (χ2n) is 4.95. The largest absolute Gasteiger partial charge is 0.389 e. The summed E-state index contributed by atoms with van der Waals surface area (Å²) in [7, 11) is 0. The molecule has 0 radical (unpaired) electrons. The fourth-order valence-electron chi connectivity index (χ4n) is 2.87. The highest BCUT2D eigenvalue weighted by molar-refractivity contribution is 7.80. The van der Waals surface area contributed by atoms with Crippen molar-refractivity contribution >= 4 is 28.1 Å². The molecule has 1 aliphatic rings. The van der Waals surface area contributed by atoms with Crippen LogP contribution >= 0.6 is 12.2 Å². The molecule has 1 aromatic carbocycles. The molecule has 0 saturated carbocycles. The predicted octanol–water partition coefficient (Wildman–Crippen LogP) is 3.06. The molecule has 0 bridgehead atoms. The zero-order valence-electron chi connectivity index (χ0n) is 10.5. The lowest BCUT2D eigenvalue weighted by molar-refractivity contribution is 0.670. The molecular weight excluding hydrogens is 240 g/mol. The van der Waals surface area contributed by atoms with Gasteiger partial charge in [-0.05, 0) is 43.7 Å². The number of aryl methyl sites for hydroxylation is 2. The van der Waals surface area contributed by atoms with E-state index in [1.165, 1.54) is 29.7 Å². The van der Waals surface area contributed by atoms with Crippen LogP contribution in [-0.4, -0.2) is 9.97 Å². The summed E-state index contributed by atoms with van der Waals surface area (Å²) in [6, 6.07) is 6.23. The van der Waals surface area contributed by atoms with Gasteiger partial charge in [-0.2, -0.15) is 0 Å². The van der Waals surface area contributed by atoms with E-state index in [-0.39, 0.29) is 0 Å². The minimum atomic E-state index is 0.506. The lowest BCUT2D eigenvalue weighted by Crippen LogP contribution is -2.18. The number of aromatic nitrogens is 1. The second-order valence-corrected chi connectivity index (χ2v) is 5.39. The molecule has 3 rings (SSSR count). The quantitative estimate of drug-likeness (QED) is 0.797. The van der Waals surface area contributed by atoms with Crippen LogP contribution in [0.25, 0.3) is 10.9 Å². The van der Waals surface area contributed by atoms with E-state index in [0.717, 1.165) is 29.3 Å². The van der Waals surface area contributed by atoms with Crippen molar-refractivity contribution in [1.82, 2.24) is 4.98 Å². The summed E-state index contributed by atoms with van der Waals surface area (Å²) in [6.45, 7) is 2.09. The van der Waals surface area contributed by atoms with Crippen molar-refractivity contribution in [3.05, 3.63) is 40.6 Å². The summed E-state index contributed by atoms with van der Waals surface area (Å²) in [5.74, 6) is 0. The molecule has 18 heavy (non-hydrogen) atoms. The molecule has 0 amide bonds. The molecule has 3 heteroatoms. The fraction of sp³-hybridized carbons (Fsp3) is 0.333. The number of para-hydroxylation sites is 1. The van der Waals surface area contributed by atoms with Crippen LogP contribution in [0.4, 0.5) is 0 Å². The molecule has 0 atom stereocenters. The lowest BCUT2D eigenvalue weighted by Gasteiger charge is -2.20. The van der Waals surface area contributed by atoms with Crippen LogP contribution in [0.2, 0.25) is 0 Å². The summed E-state index contributed by atoms with van der Waals surface area (Å²) in [6.07, 6.45) is 4.53. The highest BCUT2D eigenvalue weighted by atomic mass is 32.1. The topological polar surface area (TPSA) is 38.9 Å². The Labute approximate surface area is 112 Å². The number of nitrogens with two attached hydrogens (primary N) is 1. The zero-order valence-corrected chi connectivity index (χ0v) is 11.3. The van der Waals surface area contributed by atoms with Gasteiger partial charge in [-0.1, -0.05) is 30.4 Å². The predicted molar refractivity (Wildman–Crippen MR) is 79.0 cm³/mol. The Morgan fingerprint density at radius 2 is 2.06 bits per heavy atom. The van der Waals surface area contributed by atoms with E-state index in [1.54, 1.807) is 0 Å². The highest BCUT2D eigenvalue weighted by Crippen LogP contribution is 2.30. The summed E-state index contributed by atoms with van der Waals surface area (Å²) < 4.78 is 0. The van der Waals surface area contributed by atoms with Gasteiger partial charge in [-0.15, -0.1) is 0 Å². The number of thiocarbonyl (C=S) groups is 1. The van der Waals surface area contributed by atoms with Gasteiger partial charge in [0.25, 0.3) is 0 Å². The Balaban J connectivity index is 2.44. The number of pyridine rings is 1. The Morgan fingerprint density at radius 1 is 1.28 bits per heavy atom. The minimum absolute atomic E-state index is 0.506. The molecule has 92 valence electrons. The number of fused-ring (bicyclic) bond motifs is 2. The van der Waals surface area contributed by atoms with E-state index in [4.69, 9.17) is 22.9 Å². The van der Waals surface area contributed by atoms with Gasteiger partial charge in [-0.3, -0.25) is 4.98 Å². The summed E-state index contributed by atoms with van der Waals surface area (Å²) in [5.41, 5.74) is 11.8. The standard InChI is InChI=1S/C15H16N2S/c1-9-5-4-7-11-13(15(16)18)10-6-2-3-8-12(10)17-14(9)11/h4-5,7H,2-3,6,8H2,1H3,(H2,16,18). The van der Waals surface area contributed by atoms with Crippen molar-refractivity contribution in [1.29, 1.82) is 0 Å². The number of benzene rings is 1. The highest BCUT2D eigenvalue weighted by Gasteiger charge is 2.19. The zero-order chi connectivity index (χ0) is 12.7. The molecule has 1 aromatic heterocycles. The van der Waals surface area contributed by atoms with Crippen molar-refractivity contribution in [3.63, 3.8) is 0 Å². The molecular formula is C15H16N2S. The van der Waals surface area contributed by atoms with Crippen LogP contribution in [0.5, 0.6) is 0 Å². The maximum Gasteiger partial charge on any atom is 0.105 e. The maximum atomic E-state index is 5.96. The van der Waals surface area contributed by atoms with Crippen molar-refractivity contribution in [2.24, 2.45) is 5.73 Å². The summed E-state index contributed by atoms with van der Waals surface area (Å²) in [4.78, 5) is 5.35. The van der Waals surface area contributed by atoms with Crippen molar-refractivity contribution in [2.45, 2.75) is 32.6 Å². The Morgan fingerprint density at radius 3 is 2.83 bits per heavy atom. The van der Waals surface area contributed by atoms with Gasteiger partial charge in [0.1, 0.15) is 4.99 Å². The van der Waals surface area contributed by atoms with Gasteiger partial charge in [-0.25, -0.2) is 0 Å². The first-order valence-corrected chi connectivity index (χ1v) is 6.80. The number of hydrogen-bond donors (Lipinski definition) is 1. The number of rotatable bonds is 1. The lowest BCUT2D eigenvalue weighted by atomic mass is 9.89. The second kappa shape index (κ2) is 4.32. The van der Waals surface area contributed by atoms with Crippen molar-refractivity contribution in [3.8, 4) is 0 Å². The first-order chi connectivity index (χ1) is 8.68. The Hall–Kier alpha value is -1.48. The first kappa shape index (κ1) is 11.6. The smallest absolute Gasteiger partial charge is 0.105 e. The maximum absolute atomic E-state index is 5.96. The van der Waals surface area contributed by atoms with E-state index in [2.05, 4.69) is 25.1 Å². The molecule has 2 nitrogen and oxygen atoms in total. The minimum Gasteiger partial charge on any atom is -0.389 e. The van der Waals surface area contributed by atoms with Crippen molar-refractivity contribution in [2.75, 3.05) is 0 Å². The molecule has 0 fully saturated rings. The average Bonchev–Trinajstić information content (AvgIpc) is 2.36. The monoisotopic (exact) mass is 256 g/mol. The van der Waals surface area contributed by atoms with E-state index in [9.17, 15) is 0 Å². The van der Waals surface area contributed by atoms with E-state index in [0.29, 0.717) is 4.99 Å². The van der Waals surface area contributed by atoms with Crippen LogP contribution < -0.4 is 5.73 Å². The molecule has 1 aliphatic carbocycles. The normalized spacial score (nSPS) is 14.5. The molecule has 2 aromatic rings. The molecule has 0 unspecified atom stereocenters.